The molecule has 3 N–H and O–H groups in total. The van der Waals surface area contributed by atoms with Gasteiger partial charge in [0.05, 0.1) is 25.4 Å². The molecule has 2 atom stereocenters. The first-order valence-corrected chi connectivity index (χ1v) is 29.1. The van der Waals surface area contributed by atoms with Crippen molar-refractivity contribution in [2.24, 2.45) is 0 Å². The Labute approximate surface area is 405 Å². The third kappa shape index (κ3) is 51.6. The first kappa shape index (κ1) is 63.3. The molecule has 0 aromatic carbocycles. The molecule has 0 aromatic rings. The lowest BCUT2D eigenvalue weighted by atomic mass is 10.0. The zero-order chi connectivity index (χ0) is 47.2. The van der Waals surface area contributed by atoms with Gasteiger partial charge >= 0.3 is 5.97 Å². The van der Waals surface area contributed by atoms with Crippen LogP contribution in [0.2, 0.25) is 0 Å². The van der Waals surface area contributed by atoms with Crippen molar-refractivity contribution in [2.75, 3.05) is 13.2 Å². The molecule has 0 aliphatic heterocycles. The summed E-state index contributed by atoms with van der Waals surface area (Å²) in [6.07, 6.45) is 66.4. The highest BCUT2D eigenvalue weighted by molar-refractivity contribution is 5.76. The van der Waals surface area contributed by atoms with Crippen molar-refractivity contribution in [2.45, 2.75) is 328 Å². The van der Waals surface area contributed by atoms with E-state index in [0.29, 0.717) is 19.4 Å². The van der Waals surface area contributed by atoms with Crippen molar-refractivity contribution >= 4 is 11.9 Å². The third-order valence-electron chi connectivity index (χ3n) is 13.5. The molecular formula is C59H113NO5. The van der Waals surface area contributed by atoms with E-state index in [9.17, 15) is 19.8 Å². The number of aliphatic hydroxyl groups excluding tert-OH is 2. The molecule has 1 amide bonds. The smallest absolute Gasteiger partial charge is 0.305 e. The van der Waals surface area contributed by atoms with Crippen molar-refractivity contribution in [3.8, 4) is 0 Å². The molecule has 384 valence electrons. The van der Waals surface area contributed by atoms with Crippen molar-refractivity contribution < 1.29 is 24.5 Å². The fourth-order valence-corrected chi connectivity index (χ4v) is 8.98. The molecule has 0 rings (SSSR count). The maximum absolute atomic E-state index is 12.4. The largest absolute Gasteiger partial charge is 0.466 e. The van der Waals surface area contributed by atoms with Gasteiger partial charge in [-0.2, -0.15) is 0 Å². The van der Waals surface area contributed by atoms with Gasteiger partial charge in [-0.1, -0.05) is 269 Å². The number of aliphatic hydroxyl groups is 2. The molecule has 6 heteroatoms. The maximum atomic E-state index is 12.4. The fraction of sp³-hybridized carbons (Fsp3) is 0.898. The van der Waals surface area contributed by atoms with Gasteiger partial charge in [0.25, 0.3) is 0 Å². The number of rotatable bonds is 54. The van der Waals surface area contributed by atoms with Crippen LogP contribution in [0.1, 0.15) is 316 Å². The highest BCUT2D eigenvalue weighted by Crippen LogP contribution is 2.17. The quantitative estimate of drug-likeness (QED) is 0.0321. The van der Waals surface area contributed by atoms with E-state index in [1.54, 1.807) is 6.08 Å². The topological polar surface area (TPSA) is 95.9 Å². The fourth-order valence-electron chi connectivity index (χ4n) is 8.98. The molecule has 65 heavy (non-hydrogen) atoms. The Morgan fingerprint density at radius 3 is 1.09 bits per heavy atom. The Morgan fingerprint density at radius 2 is 0.723 bits per heavy atom. The first-order chi connectivity index (χ1) is 32.0. The van der Waals surface area contributed by atoms with Crippen molar-refractivity contribution in [3.05, 3.63) is 24.3 Å². The predicted octanol–water partition coefficient (Wildman–Crippen LogP) is 17.9. The molecule has 0 aliphatic carbocycles. The summed E-state index contributed by atoms with van der Waals surface area (Å²) in [6.45, 7) is 4.90. The van der Waals surface area contributed by atoms with Gasteiger partial charge in [0, 0.05) is 12.8 Å². The number of unbranched alkanes of at least 4 members (excludes halogenated alkanes) is 41. The molecule has 0 radical (unpaired) electrons. The third-order valence-corrected chi connectivity index (χ3v) is 13.5. The second-order valence-corrected chi connectivity index (χ2v) is 20.0. The minimum Gasteiger partial charge on any atom is -0.466 e. The predicted molar refractivity (Wildman–Crippen MR) is 283 cm³/mol. The normalized spacial score (nSPS) is 12.7. The Balaban J connectivity index is 3.41. The van der Waals surface area contributed by atoms with E-state index >= 15 is 0 Å². The molecule has 2 unspecified atom stereocenters. The average Bonchev–Trinajstić information content (AvgIpc) is 3.31. The van der Waals surface area contributed by atoms with Gasteiger partial charge in [0.2, 0.25) is 5.91 Å². The molecule has 0 saturated carbocycles. The molecule has 0 fully saturated rings. The summed E-state index contributed by atoms with van der Waals surface area (Å²) in [6, 6.07) is -0.629. The van der Waals surface area contributed by atoms with Crippen LogP contribution in [-0.4, -0.2) is 47.4 Å². The van der Waals surface area contributed by atoms with Gasteiger partial charge in [-0.3, -0.25) is 9.59 Å². The molecule has 6 nitrogen and oxygen atoms in total. The molecular weight excluding hydrogens is 803 g/mol. The van der Waals surface area contributed by atoms with Crippen LogP contribution in [0.4, 0.5) is 0 Å². The van der Waals surface area contributed by atoms with Crippen molar-refractivity contribution in [1.29, 1.82) is 0 Å². The van der Waals surface area contributed by atoms with Crippen LogP contribution in [0.15, 0.2) is 24.3 Å². The van der Waals surface area contributed by atoms with E-state index in [0.717, 1.165) is 38.5 Å². The Morgan fingerprint density at radius 1 is 0.415 bits per heavy atom. The number of amides is 1. The van der Waals surface area contributed by atoms with E-state index in [-0.39, 0.29) is 18.5 Å². The van der Waals surface area contributed by atoms with Crippen LogP contribution in [-0.2, 0) is 14.3 Å². The van der Waals surface area contributed by atoms with Crippen molar-refractivity contribution in [1.82, 2.24) is 5.32 Å². The van der Waals surface area contributed by atoms with E-state index < -0.39 is 12.1 Å². The number of hydrogen-bond acceptors (Lipinski definition) is 5. The van der Waals surface area contributed by atoms with Crippen LogP contribution in [0.5, 0.6) is 0 Å². The van der Waals surface area contributed by atoms with Crippen LogP contribution < -0.4 is 5.32 Å². The Hall–Kier alpha value is -1.66. The van der Waals surface area contributed by atoms with E-state index in [2.05, 4.69) is 31.3 Å². The second-order valence-electron chi connectivity index (χ2n) is 20.0. The van der Waals surface area contributed by atoms with Crippen molar-refractivity contribution in [3.63, 3.8) is 0 Å². The van der Waals surface area contributed by atoms with E-state index in [4.69, 9.17) is 4.74 Å². The van der Waals surface area contributed by atoms with Gasteiger partial charge in [0.15, 0.2) is 0 Å². The lowest BCUT2D eigenvalue weighted by Gasteiger charge is -2.20. The summed E-state index contributed by atoms with van der Waals surface area (Å²) in [5.41, 5.74) is 0. The van der Waals surface area contributed by atoms with E-state index in [1.165, 1.54) is 250 Å². The second kappa shape index (κ2) is 54.9. The van der Waals surface area contributed by atoms with Gasteiger partial charge in [0.1, 0.15) is 0 Å². The number of allylic oxidation sites excluding steroid dienone is 3. The number of nitrogens with one attached hydrogen (secondary N) is 1. The molecule has 0 aromatic heterocycles. The van der Waals surface area contributed by atoms with E-state index in [1.807, 2.05) is 6.08 Å². The minimum atomic E-state index is -0.845. The van der Waals surface area contributed by atoms with Crippen LogP contribution in [0.3, 0.4) is 0 Å². The van der Waals surface area contributed by atoms with Gasteiger partial charge < -0.3 is 20.3 Å². The summed E-state index contributed by atoms with van der Waals surface area (Å²) in [4.78, 5) is 24.4. The van der Waals surface area contributed by atoms with Crippen LogP contribution in [0, 0.1) is 0 Å². The lowest BCUT2D eigenvalue weighted by molar-refractivity contribution is -0.143. The molecule has 0 spiro atoms. The highest BCUT2D eigenvalue weighted by Gasteiger charge is 2.18. The molecule has 0 bridgehead atoms. The van der Waals surface area contributed by atoms with Crippen LogP contribution in [0.25, 0.3) is 0 Å². The number of carbonyl (C=O) groups excluding carboxylic acids is 2. The number of ether oxygens (including phenoxy) is 1. The van der Waals surface area contributed by atoms with Gasteiger partial charge in [-0.15, -0.1) is 0 Å². The monoisotopic (exact) mass is 916 g/mol. The first-order valence-electron chi connectivity index (χ1n) is 29.1. The van der Waals surface area contributed by atoms with Gasteiger partial charge in [-0.25, -0.2) is 0 Å². The number of esters is 1. The molecule has 0 heterocycles. The molecule has 0 saturated heterocycles. The van der Waals surface area contributed by atoms with Crippen LogP contribution >= 0.6 is 0 Å². The zero-order valence-corrected chi connectivity index (χ0v) is 43.7. The summed E-state index contributed by atoms with van der Waals surface area (Å²) >= 11 is 0. The SMILES string of the molecule is CCCCCCCCCCCC/C=C/C(O)C(CO)NC(=O)CCCCCCCCCC/C=C\CCCCCCCCCCCCCCOC(=O)CCCCCCCCCCCCCC. The molecule has 0 aliphatic rings. The maximum Gasteiger partial charge on any atom is 0.305 e. The summed E-state index contributed by atoms with van der Waals surface area (Å²) in [7, 11) is 0. The summed E-state index contributed by atoms with van der Waals surface area (Å²) in [5.74, 6) is -0.0600. The zero-order valence-electron chi connectivity index (χ0n) is 43.7. The summed E-state index contributed by atoms with van der Waals surface area (Å²) < 4.78 is 5.47. The number of hydrogen-bond donors (Lipinski definition) is 3. The summed E-state index contributed by atoms with van der Waals surface area (Å²) in [5, 5.41) is 23.0. The lowest BCUT2D eigenvalue weighted by Crippen LogP contribution is -2.45. The Bertz CT molecular complexity index is 1010. The standard InChI is InChI=1S/C59H113NO5/c1-3-5-7-9-11-13-15-31-35-39-43-47-51-57(62)56(55-61)60-58(63)52-48-44-40-36-32-29-27-25-23-21-19-17-18-20-22-24-26-28-30-34-38-42-46-50-54-65-59(64)53-49-45-41-37-33-16-14-12-10-8-6-4-2/h19,21,47,51,56-57,61-62H,3-18,20,22-46,48-50,52-55H2,1-2H3,(H,60,63)/b21-19-,51-47+. The highest BCUT2D eigenvalue weighted by atomic mass is 16.5. The minimum absolute atomic E-state index is 0.0127. The Kier molecular flexibility index (Phi) is 53.5. The number of carbonyl (C=O) groups is 2. The van der Waals surface area contributed by atoms with Gasteiger partial charge in [-0.05, 0) is 57.8 Å². The average molecular weight is 917 g/mol.